The maximum absolute atomic E-state index is 11.7. The molecule has 1 rings (SSSR count). The quantitative estimate of drug-likeness (QED) is 0.793. The van der Waals surface area contributed by atoms with Crippen molar-refractivity contribution < 1.29 is 14.7 Å². The first-order chi connectivity index (χ1) is 8.95. The molecule has 1 aromatic rings. The van der Waals surface area contributed by atoms with Crippen molar-refractivity contribution in [3.8, 4) is 0 Å². The molecular formula is C13H16ClNO3S. The number of nitrogens with one attached hydrogen (secondary N) is 1. The molecule has 0 radical (unpaired) electrons. The second kappa shape index (κ2) is 7.40. The van der Waals surface area contributed by atoms with Gasteiger partial charge < -0.3 is 10.4 Å². The summed E-state index contributed by atoms with van der Waals surface area (Å²) in [6.07, 6.45) is 0.882. The lowest BCUT2D eigenvalue weighted by Gasteiger charge is -2.12. The Labute approximate surface area is 121 Å². The highest BCUT2D eigenvalue weighted by atomic mass is 35.5. The third-order valence-electron chi connectivity index (χ3n) is 2.40. The van der Waals surface area contributed by atoms with Crippen LogP contribution < -0.4 is 5.32 Å². The van der Waals surface area contributed by atoms with Gasteiger partial charge in [0.25, 0.3) is 0 Å². The number of benzene rings is 1. The van der Waals surface area contributed by atoms with Gasteiger partial charge in [-0.25, -0.2) is 4.79 Å². The van der Waals surface area contributed by atoms with Crippen molar-refractivity contribution in [2.45, 2.75) is 30.4 Å². The van der Waals surface area contributed by atoms with Gasteiger partial charge in [-0.15, -0.1) is 11.8 Å². The Hall–Kier alpha value is -1.20. The van der Waals surface area contributed by atoms with Gasteiger partial charge in [0.2, 0.25) is 5.91 Å². The van der Waals surface area contributed by atoms with Crippen LogP contribution in [0.2, 0.25) is 5.02 Å². The maximum Gasteiger partial charge on any atom is 0.337 e. The van der Waals surface area contributed by atoms with Crippen LogP contribution in [-0.2, 0) is 4.79 Å². The molecule has 6 heteroatoms. The number of aromatic carboxylic acids is 1. The van der Waals surface area contributed by atoms with E-state index in [1.54, 1.807) is 13.0 Å². The number of amides is 1. The zero-order chi connectivity index (χ0) is 14.4. The van der Waals surface area contributed by atoms with Crippen molar-refractivity contribution in [3.63, 3.8) is 0 Å². The van der Waals surface area contributed by atoms with Gasteiger partial charge in [0.15, 0.2) is 0 Å². The van der Waals surface area contributed by atoms with Crippen LogP contribution in [0.1, 0.15) is 30.6 Å². The third kappa shape index (κ3) is 4.76. The minimum absolute atomic E-state index is 0.0489. The first-order valence-corrected chi connectivity index (χ1v) is 7.18. The van der Waals surface area contributed by atoms with Crippen LogP contribution in [0.25, 0.3) is 0 Å². The normalized spacial score (nSPS) is 11.9. The average Bonchev–Trinajstić information content (AvgIpc) is 2.37. The van der Waals surface area contributed by atoms with Gasteiger partial charge in [-0.05, 0) is 31.5 Å². The Morgan fingerprint density at radius 2 is 2.16 bits per heavy atom. The number of halogens is 1. The molecule has 0 spiro atoms. The Bertz CT molecular complexity index is 479. The van der Waals surface area contributed by atoms with E-state index in [1.165, 1.54) is 23.9 Å². The molecule has 0 aliphatic heterocycles. The number of carbonyl (C=O) groups excluding carboxylic acids is 1. The van der Waals surface area contributed by atoms with E-state index in [-0.39, 0.29) is 21.7 Å². The Kier molecular flexibility index (Phi) is 6.18. The largest absolute Gasteiger partial charge is 0.478 e. The van der Waals surface area contributed by atoms with E-state index in [9.17, 15) is 9.59 Å². The Balaban J connectivity index is 2.74. The van der Waals surface area contributed by atoms with Crippen LogP contribution in [0.4, 0.5) is 0 Å². The summed E-state index contributed by atoms with van der Waals surface area (Å²) in [5.74, 6) is -1.13. The Morgan fingerprint density at radius 3 is 2.74 bits per heavy atom. The summed E-state index contributed by atoms with van der Waals surface area (Å²) in [5, 5.41) is 11.7. The molecule has 1 unspecified atom stereocenters. The first kappa shape index (κ1) is 15.9. The number of rotatable bonds is 6. The number of carboxylic acid groups (broad SMARTS) is 1. The van der Waals surface area contributed by atoms with Crippen LogP contribution in [-0.4, -0.2) is 28.8 Å². The molecule has 1 amide bonds. The topological polar surface area (TPSA) is 66.4 Å². The molecule has 0 bridgehead atoms. The van der Waals surface area contributed by atoms with Gasteiger partial charge in [0.05, 0.1) is 15.8 Å². The summed E-state index contributed by atoms with van der Waals surface area (Å²) in [5.41, 5.74) is 0.0489. The number of carboxylic acids is 1. The van der Waals surface area contributed by atoms with Gasteiger partial charge in [-0.2, -0.15) is 0 Å². The summed E-state index contributed by atoms with van der Waals surface area (Å²) in [6.45, 7) is 4.41. The summed E-state index contributed by atoms with van der Waals surface area (Å²) >= 11 is 7.10. The summed E-state index contributed by atoms with van der Waals surface area (Å²) in [4.78, 5) is 23.4. The molecule has 104 valence electrons. The third-order valence-corrected chi connectivity index (χ3v) is 3.82. The second-order valence-corrected chi connectivity index (χ2v) is 5.82. The molecule has 1 atom stereocenters. The minimum Gasteiger partial charge on any atom is -0.478 e. The Morgan fingerprint density at radius 1 is 1.47 bits per heavy atom. The molecule has 0 heterocycles. The van der Waals surface area contributed by atoms with E-state index < -0.39 is 5.97 Å². The van der Waals surface area contributed by atoms with E-state index >= 15 is 0 Å². The number of thioether (sulfide) groups is 1. The summed E-state index contributed by atoms with van der Waals surface area (Å²) in [6, 6.07) is 4.73. The lowest BCUT2D eigenvalue weighted by Crippen LogP contribution is -2.31. The van der Waals surface area contributed by atoms with Crippen molar-refractivity contribution in [3.05, 3.63) is 28.8 Å². The number of hydrogen-bond donors (Lipinski definition) is 2. The van der Waals surface area contributed by atoms with E-state index in [2.05, 4.69) is 5.32 Å². The monoisotopic (exact) mass is 301 g/mol. The van der Waals surface area contributed by atoms with Gasteiger partial charge in [-0.1, -0.05) is 18.5 Å². The molecule has 0 aromatic heterocycles. The maximum atomic E-state index is 11.7. The van der Waals surface area contributed by atoms with Crippen molar-refractivity contribution in [1.82, 2.24) is 5.32 Å². The molecule has 0 saturated carbocycles. The molecule has 4 nitrogen and oxygen atoms in total. The van der Waals surface area contributed by atoms with Crippen LogP contribution in [0.3, 0.4) is 0 Å². The van der Waals surface area contributed by atoms with Crippen LogP contribution in [0, 0.1) is 0 Å². The highest BCUT2D eigenvalue weighted by Crippen LogP contribution is 2.27. The fourth-order valence-electron chi connectivity index (χ4n) is 1.39. The predicted octanol–water partition coefficient (Wildman–Crippen LogP) is 3.05. The molecule has 19 heavy (non-hydrogen) atoms. The average molecular weight is 302 g/mol. The summed E-state index contributed by atoms with van der Waals surface area (Å²) < 4.78 is 0. The fraction of sp³-hybridized carbons (Fsp3) is 0.385. The van der Waals surface area contributed by atoms with E-state index in [1.807, 2.05) is 6.92 Å². The molecule has 0 aliphatic rings. The van der Waals surface area contributed by atoms with Crippen LogP contribution in [0.15, 0.2) is 23.1 Å². The van der Waals surface area contributed by atoms with Crippen molar-refractivity contribution >= 4 is 35.2 Å². The highest BCUT2D eigenvalue weighted by molar-refractivity contribution is 8.00. The fourth-order valence-corrected chi connectivity index (χ4v) is 2.52. The first-order valence-electron chi connectivity index (χ1n) is 5.93. The number of carbonyl (C=O) groups is 2. The van der Waals surface area contributed by atoms with Gasteiger partial charge in [0.1, 0.15) is 0 Å². The van der Waals surface area contributed by atoms with Crippen LogP contribution >= 0.6 is 23.4 Å². The van der Waals surface area contributed by atoms with Crippen molar-refractivity contribution in [2.24, 2.45) is 0 Å². The van der Waals surface area contributed by atoms with Gasteiger partial charge in [-0.3, -0.25) is 4.79 Å². The van der Waals surface area contributed by atoms with Crippen molar-refractivity contribution in [1.29, 1.82) is 0 Å². The predicted molar refractivity (Wildman–Crippen MR) is 77.0 cm³/mol. The van der Waals surface area contributed by atoms with E-state index in [0.29, 0.717) is 11.4 Å². The highest BCUT2D eigenvalue weighted by Gasteiger charge is 2.16. The lowest BCUT2D eigenvalue weighted by molar-refractivity contribution is -0.120. The lowest BCUT2D eigenvalue weighted by atomic mass is 10.2. The van der Waals surface area contributed by atoms with E-state index in [0.717, 1.165) is 6.42 Å². The zero-order valence-corrected chi connectivity index (χ0v) is 12.3. The molecular weight excluding hydrogens is 286 g/mol. The molecule has 1 aromatic carbocycles. The van der Waals surface area contributed by atoms with Gasteiger partial charge in [0, 0.05) is 11.4 Å². The minimum atomic E-state index is -1.07. The van der Waals surface area contributed by atoms with Crippen molar-refractivity contribution in [2.75, 3.05) is 6.54 Å². The smallest absolute Gasteiger partial charge is 0.337 e. The zero-order valence-electron chi connectivity index (χ0n) is 10.8. The molecule has 0 saturated heterocycles. The standard InChI is InChI=1S/C13H16ClNO3S/c1-3-6-15-12(16)8(2)19-9-4-5-11(14)10(7-9)13(17)18/h4-5,7-8H,3,6H2,1-2H3,(H,15,16)(H,17,18). The summed E-state index contributed by atoms with van der Waals surface area (Å²) in [7, 11) is 0. The van der Waals surface area contributed by atoms with Gasteiger partial charge >= 0.3 is 5.97 Å². The molecule has 2 N–H and O–H groups in total. The second-order valence-electron chi connectivity index (χ2n) is 4.00. The molecule has 0 fully saturated rings. The van der Waals surface area contributed by atoms with E-state index in [4.69, 9.17) is 16.7 Å². The van der Waals surface area contributed by atoms with Crippen LogP contribution in [0.5, 0.6) is 0 Å². The SMILES string of the molecule is CCCNC(=O)C(C)Sc1ccc(Cl)c(C(=O)O)c1. The number of hydrogen-bond acceptors (Lipinski definition) is 3. The molecule has 0 aliphatic carbocycles.